The number of aliphatic hydroxyl groups excluding tert-OH is 2. The van der Waals surface area contributed by atoms with E-state index in [9.17, 15) is 10.2 Å². The molecule has 2 aromatic rings. The zero-order valence-corrected chi connectivity index (χ0v) is 11.0. The lowest BCUT2D eigenvalue weighted by Gasteiger charge is -2.22. The van der Waals surface area contributed by atoms with Crippen LogP contribution in [-0.4, -0.2) is 42.9 Å². The molecule has 0 saturated heterocycles. The summed E-state index contributed by atoms with van der Waals surface area (Å²) in [4.78, 5) is 12.4. The average Bonchev–Trinajstić information content (AvgIpc) is 3.01. The summed E-state index contributed by atoms with van der Waals surface area (Å²) in [5.74, 6) is 0.154. The Labute approximate surface area is 115 Å². The number of hydrogen-bond donors (Lipinski definition) is 2. The second-order valence-corrected chi connectivity index (χ2v) is 5.28. The van der Waals surface area contributed by atoms with Crippen LogP contribution in [0.3, 0.4) is 0 Å². The van der Waals surface area contributed by atoms with E-state index in [2.05, 4.69) is 15.0 Å². The molecule has 19 heavy (non-hydrogen) atoms. The SMILES string of the molecule is OC[C@H]1CC[C@@H](n2cnc3c(Cl)ncnc32)[C@@H]1CO. The van der Waals surface area contributed by atoms with Crippen molar-refractivity contribution < 1.29 is 10.2 Å². The first kappa shape index (κ1) is 12.8. The van der Waals surface area contributed by atoms with Crippen molar-refractivity contribution in [3.8, 4) is 0 Å². The van der Waals surface area contributed by atoms with Crippen LogP contribution >= 0.6 is 11.6 Å². The Morgan fingerprint density at radius 1 is 1.21 bits per heavy atom. The van der Waals surface area contributed by atoms with Gasteiger partial charge in [0.25, 0.3) is 0 Å². The standard InChI is InChI=1S/C12H15ClN4O2/c13-11-10-12(15-5-14-11)17(6-16-10)9-2-1-7(3-18)8(9)4-19/h5-9,18-19H,1-4H2/t7-,8-,9-/m1/s1. The molecular formula is C12H15ClN4O2. The number of nitrogens with zero attached hydrogens (tertiary/aromatic N) is 4. The lowest BCUT2D eigenvalue weighted by Crippen LogP contribution is -2.23. The van der Waals surface area contributed by atoms with E-state index in [1.165, 1.54) is 6.33 Å². The number of hydrogen-bond acceptors (Lipinski definition) is 5. The Morgan fingerprint density at radius 3 is 2.79 bits per heavy atom. The summed E-state index contributed by atoms with van der Waals surface area (Å²) in [7, 11) is 0. The molecule has 0 aliphatic heterocycles. The monoisotopic (exact) mass is 282 g/mol. The van der Waals surface area contributed by atoms with E-state index in [1.807, 2.05) is 4.57 Å². The number of imidazole rings is 1. The lowest BCUT2D eigenvalue weighted by atomic mass is 9.95. The van der Waals surface area contributed by atoms with Gasteiger partial charge in [-0.05, 0) is 18.8 Å². The van der Waals surface area contributed by atoms with Gasteiger partial charge < -0.3 is 14.8 Å². The predicted molar refractivity (Wildman–Crippen MR) is 69.8 cm³/mol. The zero-order chi connectivity index (χ0) is 13.4. The topological polar surface area (TPSA) is 84.1 Å². The summed E-state index contributed by atoms with van der Waals surface area (Å²) in [6.07, 6.45) is 4.89. The molecule has 3 atom stereocenters. The first-order chi connectivity index (χ1) is 9.26. The molecule has 0 spiro atoms. The average molecular weight is 283 g/mol. The van der Waals surface area contributed by atoms with Gasteiger partial charge in [0.05, 0.1) is 6.33 Å². The van der Waals surface area contributed by atoms with Crippen molar-refractivity contribution in [2.45, 2.75) is 18.9 Å². The van der Waals surface area contributed by atoms with Gasteiger partial charge in [0.2, 0.25) is 0 Å². The second-order valence-electron chi connectivity index (χ2n) is 4.92. The molecule has 2 heterocycles. The predicted octanol–water partition coefficient (Wildman–Crippen LogP) is 1.03. The largest absolute Gasteiger partial charge is 0.396 e. The van der Waals surface area contributed by atoms with Gasteiger partial charge in [0, 0.05) is 25.2 Å². The van der Waals surface area contributed by atoms with Crippen LogP contribution < -0.4 is 0 Å². The minimum absolute atomic E-state index is 0.0242. The second kappa shape index (κ2) is 5.03. The molecule has 1 fully saturated rings. The maximum Gasteiger partial charge on any atom is 0.165 e. The minimum atomic E-state index is 0.0242. The summed E-state index contributed by atoms with van der Waals surface area (Å²) >= 11 is 5.99. The van der Waals surface area contributed by atoms with Gasteiger partial charge in [-0.25, -0.2) is 15.0 Å². The third-order valence-electron chi connectivity index (χ3n) is 4.05. The van der Waals surface area contributed by atoms with Crippen LogP contribution in [0.4, 0.5) is 0 Å². The van der Waals surface area contributed by atoms with Crippen molar-refractivity contribution >= 4 is 22.8 Å². The van der Waals surface area contributed by atoms with E-state index in [0.29, 0.717) is 16.3 Å². The molecule has 2 aromatic heterocycles. The van der Waals surface area contributed by atoms with E-state index < -0.39 is 0 Å². The van der Waals surface area contributed by atoms with Crippen molar-refractivity contribution in [2.24, 2.45) is 11.8 Å². The fourth-order valence-electron chi connectivity index (χ4n) is 3.04. The molecule has 7 heteroatoms. The number of rotatable bonds is 3. The molecular weight excluding hydrogens is 268 g/mol. The van der Waals surface area contributed by atoms with Crippen molar-refractivity contribution in [1.82, 2.24) is 19.5 Å². The van der Waals surface area contributed by atoms with Gasteiger partial charge >= 0.3 is 0 Å². The molecule has 102 valence electrons. The molecule has 2 N–H and O–H groups in total. The highest BCUT2D eigenvalue weighted by Crippen LogP contribution is 2.41. The van der Waals surface area contributed by atoms with Crippen LogP contribution in [-0.2, 0) is 0 Å². The molecule has 0 unspecified atom stereocenters. The van der Waals surface area contributed by atoms with Crippen molar-refractivity contribution in [3.05, 3.63) is 17.8 Å². The fourth-order valence-corrected chi connectivity index (χ4v) is 3.21. The van der Waals surface area contributed by atoms with Crippen LogP contribution in [0.25, 0.3) is 11.2 Å². The molecule has 0 aromatic carbocycles. The van der Waals surface area contributed by atoms with Crippen LogP contribution in [0.5, 0.6) is 0 Å². The van der Waals surface area contributed by atoms with Crippen LogP contribution in [0.1, 0.15) is 18.9 Å². The Balaban J connectivity index is 2.03. The molecule has 1 saturated carbocycles. The fraction of sp³-hybridized carbons (Fsp3) is 0.583. The Hall–Kier alpha value is -1.24. The Bertz CT molecular complexity index is 588. The first-order valence-corrected chi connectivity index (χ1v) is 6.68. The lowest BCUT2D eigenvalue weighted by molar-refractivity contribution is 0.121. The third-order valence-corrected chi connectivity index (χ3v) is 4.33. The van der Waals surface area contributed by atoms with Crippen molar-refractivity contribution in [1.29, 1.82) is 0 Å². The highest BCUT2D eigenvalue weighted by molar-refractivity contribution is 6.33. The quantitative estimate of drug-likeness (QED) is 0.822. The van der Waals surface area contributed by atoms with Gasteiger partial charge in [0.1, 0.15) is 11.8 Å². The maximum atomic E-state index is 9.56. The van der Waals surface area contributed by atoms with E-state index in [0.717, 1.165) is 12.8 Å². The van der Waals surface area contributed by atoms with Crippen LogP contribution in [0.2, 0.25) is 5.15 Å². The van der Waals surface area contributed by atoms with E-state index in [1.54, 1.807) is 6.33 Å². The Morgan fingerprint density at radius 2 is 2.05 bits per heavy atom. The van der Waals surface area contributed by atoms with Crippen LogP contribution in [0, 0.1) is 11.8 Å². The highest BCUT2D eigenvalue weighted by atomic mass is 35.5. The summed E-state index contributed by atoms with van der Waals surface area (Å²) < 4.78 is 1.94. The van der Waals surface area contributed by atoms with Crippen LogP contribution in [0.15, 0.2) is 12.7 Å². The molecule has 0 bridgehead atoms. The Kier molecular flexibility index (Phi) is 3.38. The normalized spacial score (nSPS) is 27.2. The molecule has 0 amide bonds. The van der Waals surface area contributed by atoms with Gasteiger partial charge in [-0.1, -0.05) is 11.6 Å². The maximum absolute atomic E-state index is 9.56. The molecule has 1 aliphatic rings. The first-order valence-electron chi connectivity index (χ1n) is 6.31. The van der Waals surface area contributed by atoms with Gasteiger partial charge in [-0.15, -0.1) is 0 Å². The van der Waals surface area contributed by atoms with Gasteiger partial charge in [-0.2, -0.15) is 0 Å². The smallest absolute Gasteiger partial charge is 0.165 e. The summed E-state index contributed by atoms with van der Waals surface area (Å²) in [5.41, 5.74) is 1.26. The van der Waals surface area contributed by atoms with Gasteiger partial charge in [-0.3, -0.25) is 0 Å². The van der Waals surface area contributed by atoms with Gasteiger partial charge in [0.15, 0.2) is 10.8 Å². The third kappa shape index (κ3) is 2.00. The number of aliphatic hydroxyl groups is 2. The number of halogens is 1. The number of aromatic nitrogens is 4. The summed E-state index contributed by atoms with van der Waals surface area (Å²) in [6.45, 7) is 0.151. The minimum Gasteiger partial charge on any atom is -0.396 e. The molecule has 6 nitrogen and oxygen atoms in total. The summed E-state index contributed by atoms with van der Waals surface area (Å²) in [5, 5.41) is 19.3. The molecule has 1 aliphatic carbocycles. The molecule has 0 radical (unpaired) electrons. The zero-order valence-electron chi connectivity index (χ0n) is 10.3. The van der Waals surface area contributed by atoms with E-state index in [-0.39, 0.29) is 31.1 Å². The highest BCUT2D eigenvalue weighted by Gasteiger charge is 2.37. The molecule has 3 rings (SSSR count). The van der Waals surface area contributed by atoms with Crippen molar-refractivity contribution in [2.75, 3.05) is 13.2 Å². The van der Waals surface area contributed by atoms with E-state index >= 15 is 0 Å². The number of fused-ring (bicyclic) bond motifs is 1. The van der Waals surface area contributed by atoms with Crippen molar-refractivity contribution in [3.63, 3.8) is 0 Å². The van der Waals surface area contributed by atoms with E-state index in [4.69, 9.17) is 11.6 Å². The summed E-state index contributed by atoms with van der Waals surface area (Å²) in [6, 6.07) is 0.0955.